The van der Waals surface area contributed by atoms with Gasteiger partial charge in [0.15, 0.2) is 0 Å². The molecule has 3 nitrogen and oxygen atoms in total. The second-order valence-electron chi connectivity index (χ2n) is 5.28. The third-order valence-electron chi connectivity index (χ3n) is 3.77. The van der Waals surface area contributed by atoms with Gasteiger partial charge in [-0.15, -0.1) is 0 Å². The zero-order chi connectivity index (χ0) is 12.3. The molecule has 1 saturated heterocycles. The van der Waals surface area contributed by atoms with Gasteiger partial charge in [-0.3, -0.25) is 0 Å². The molecule has 1 rings (SSSR count). The first-order valence-electron chi connectivity index (χ1n) is 7.40. The van der Waals surface area contributed by atoms with Crippen molar-refractivity contribution in [2.45, 2.75) is 45.4 Å². The molecule has 0 aromatic carbocycles. The molecule has 0 unspecified atom stereocenters. The predicted molar refractivity (Wildman–Crippen MR) is 73.3 cm³/mol. The fourth-order valence-electron chi connectivity index (χ4n) is 2.52. The Morgan fingerprint density at radius 1 is 1.12 bits per heavy atom. The maximum Gasteiger partial charge on any atom is 0.0459 e. The second-order valence-corrected chi connectivity index (χ2v) is 5.28. The lowest BCUT2D eigenvalue weighted by Crippen LogP contribution is -2.43. The van der Waals surface area contributed by atoms with Crippen LogP contribution in [0.2, 0.25) is 0 Å². The van der Waals surface area contributed by atoms with E-state index in [0.29, 0.717) is 12.5 Å². The highest BCUT2D eigenvalue weighted by Gasteiger charge is 2.10. The number of nitrogens with zero attached hydrogens (tertiary/aromatic N) is 1. The third kappa shape index (κ3) is 7.02. The van der Waals surface area contributed by atoms with Crippen molar-refractivity contribution in [1.82, 2.24) is 10.2 Å². The third-order valence-corrected chi connectivity index (χ3v) is 3.77. The second kappa shape index (κ2) is 9.86. The molecule has 0 radical (unpaired) electrons. The van der Waals surface area contributed by atoms with E-state index in [9.17, 15) is 5.11 Å². The van der Waals surface area contributed by atoms with E-state index in [-0.39, 0.29) is 0 Å². The molecule has 1 heterocycles. The van der Waals surface area contributed by atoms with E-state index in [1.165, 1.54) is 58.2 Å². The van der Waals surface area contributed by atoms with E-state index in [4.69, 9.17) is 0 Å². The van der Waals surface area contributed by atoms with Crippen LogP contribution in [0, 0.1) is 5.92 Å². The molecular formula is C14H30N2O. The Hall–Kier alpha value is -0.120. The molecule has 0 aliphatic carbocycles. The van der Waals surface area contributed by atoms with Crippen LogP contribution < -0.4 is 5.32 Å². The topological polar surface area (TPSA) is 35.5 Å². The lowest BCUT2D eigenvalue weighted by atomic mass is 9.97. The molecular weight excluding hydrogens is 212 g/mol. The molecule has 0 aromatic rings. The van der Waals surface area contributed by atoms with E-state index >= 15 is 0 Å². The van der Waals surface area contributed by atoms with E-state index in [2.05, 4.69) is 17.1 Å². The minimum absolute atomic E-state index is 0.383. The van der Waals surface area contributed by atoms with E-state index < -0.39 is 0 Å². The maximum atomic E-state index is 9.28. The van der Waals surface area contributed by atoms with Gasteiger partial charge >= 0.3 is 0 Å². The summed E-state index contributed by atoms with van der Waals surface area (Å²) in [5.74, 6) is 0.554. The molecule has 0 spiro atoms. The Labute approximate surface area is 107 Å². The van der Waals surface area contributed by atoms with Gasteiger partial charge in [-0.05, 0) is 31.7 Å². The van der Waals surface area contributed by atoms with Crippen LogP contribution in [0.15, 0.2) is 0 Å². The van der Waals surface area contributed by atoms with Crippen LogP contribution in [0.25, 0.3) is 0 Å². The normalized spacial score (nSPS) is 19.4. The van der Waals surface area contributed by atoms with Crippen LogP contribution in [0.4, 0.5) is 0 Å². The molecule has 1 aliphatic rings. The van der Waals surface area contributed by atoms with Gasteiger partial charge in [0.2, 0.25) is 0 Å². The van der Waals surface area contributed by atoms with Crippen LogP contribution >= 0.6 is 0 Å². The molecule has 17 heavy (non-hydrogen) atoms. The molecule has 1 fully saturated rings. The van der Waals surface area contributed by atoms with E-state index in [1.807, 2.05) is 0 Å². The molecule has 102 valence electrons. The van der Waals surface area contributed by atoms with Gasteiger partial charge in [-0.2, -0.15) is 0 Å². The molecule has 0 saturated carbocycles. The number of piperazine rings is 1. The predicted octanol–water partition coefficient (Wildman–Crippen LogP) is 1.86. The first kappa shape index (κ1) is 14.9. The van der Waals surface area contributed by atoms with Gasteiger partial charge in [0.05, 0.1) is 0 Å². The van der Waals surface area contributed by atoms with Crippen LogP contribution in [-0.2, 0) is 0 Å². The summed E-state index contributed by atoms with van der Waals surface area (Å²) in [7, 11) is 0. The lowest BCUT2D eigenvalue weighted by Gasteiger charge is -2.27. The SMILES string of the molecule is CCCC[C@@H](CO)CCCCN1CCNCC1. The maximum absolute atomic E-state index is 9.28. The van der Waals surface area contributed by atoms with Crippen molar-refractivity contribution in [2.75, 3.05) is 39.3 Å². The first-order valence-corrected chi connectivity index (χ1v) is 7.40. The largest absolute Gasteiger partial charge is 0.396 e. The van der Waals surface area contributed by atoms with Crippen molar-refractivity contribution >= 4 is 0 Å². The molecule has 0 bridgehead atoms. The summed E-state index contributed by atoms with van der Waals surface area (Å²) in [6, 6.07) is 0. The van der Waals surface area contributed by atoms with Gasteiger partial charge < -0.3 is 15.3 Å². The van der Waals surface area contributed by atoms with Gasteiger partial charge in [0.25, 0.3) is 0 Å². The molecule has 0 amide bonds. The summed E-state index contributed by atoms with van der Waals surface area (Å²) < 4.78 is 0. The van der Waals surface area contributed by atoms with Crippen molar-refractivity contribution in [2.24, 2.45) is 5.92 Å². The number of rotatable bonds is 9. The number of unbranched alkanes of at least 4 members (excludes halogenated alkanes) is 2. The van der Waals surface area contributed by atoms with Crippen LogP contribution in [-0.4, -0.2) is 49.3 Å². The summed E-state index contributed by atoms with van der Waals surface area (Å²) in [5, 5.41) is 12.7. The standard InChI is InChI=1S/C14H30N2O/c1-2-3-6-14(13-17)7-4-5-10-16-11-8-15-9-12-16/h14-15,17H,2-13H2,1H3/t14-/m1/s1. The Kier molecular flexibility index (Phi) is 8.67. The van der Waals surface area contributed by atoms with Gasteiger partial charge in [0.1, 0.15) is 0 Å². The lowest BCUT2D eigenvalue weighted by molar-refractivity contribution is 0.198. The molecule has 1 aliphatic heterocycles. The van der Waals surface area contributed by atoms with Gasteiger partial charge in [-0.1, -0.05) is 26.2 Å². The van der Waals surface area contributed by atoms with Gasteiger partial charge in [-0.25, -0.2) is 0 Å². The zero-order valence-corrected chi connectivity index (χ0v) is 11.5. The Morgan fingerprint density at radius 3 is 2.47 bits per heavy atom. The first-order chi connectivity index (χ1) is 8.36. The number of hydrogen-bond donors (Lipinski definition) is 2. The highest BCUT2D eigenvalue weighted by atomic mass is 16.3. The fourth-order valence-corrected chi connectivity index (χ4v) is 2.52. The van der Waals surface area contributed by atoms with Crippen LogP contribution in [0.5, 0.6) is 0 Å². The van der Waals surface area contributed by atoms with Gasteiger partial charge in [0, 0.05) is 32.8 Å². The monoisotopic (exact) mass is 242 g/mol. The average Bonchev–Trinajstić information content (AvgIpc) is 2.39. The van der Waals surface area contributed by atoms with Crippen LogP contribution in [0.3, 0.4) is 0 Å². The highest BCUT2D eigenvalue weighted by molar-refractivity contribution is 4.67. The summed E-state index contributed by atoms with van der Waals surface area (Å²) in [6.45, 7) is 8.56. The fraction of sp³-hybridized carbons (Fsp3) is 1.00. The zero-order valence-electron chi connectivity index (χ0n) is 11.5. The van der Waals surface area contributed by atoms with Crippen molar-refractivity contribution in [3.8, 4) is 0 Å². The number of nitrogens with one attached hydrogen (secondary N) is 1. The molecule has 3 heteroatoms. The van der Waals surface area contributed by atoms with Crippen molar-refractivity contribution < 1.29 is 5.11 Å². The number of aliphatic hydroxyl groups is 1. The summed E-state index contributed by atoms with van der Waals surface area (Å²) in [5.41, 5.74) is 0. The van der Waals surface area contributed by atoms with Crippen molar-refractivity contribution in [3.63, 3.8) is 0 Å². The van der Waals surface area contributed by atoms with E-state index in [1.54, 1.807) is 0 Å². The molecule has 0 aromatic heterocycles. The number of aliphatic hydroxyl groups excluding tert-OH is 1. The van der Waals surface area contributed by atoms with Crippen LogP contribution in [0.1, 0.15) is 45.4 Å². The van der Waals surface area contributed by atoms with Crippen molar-refractivity contribution in [3.05, 3.63) is 0 Å². The summed E-state index contributed by atoms with van der Waals surface area (Å²) >= 11 is 0. The quantitative estimate of drug-likeness (QED) is 0.606. The van der Waals surface area contributed by atoms with Crippen molar-refractivity contribution in [1.29, 1.82) is 0 Å². The Bertz CT molecular complexity index is 170. The highest BCUT2D eigenvalue weighted by Crippen LogP contribution is 2.15. The average molecular weight is 242 g/mol. The summed E-state index contributed by atoms with van der Waals surface area (Å²) in [4.78, 5) is 2.55. The smallest absolute Gasteiger partial charge is 0.0459 e. The number of hydrogen-bond acceptors (Lipinski definition) is 3. The van der Waals surface area contributed by atoms with E-state index in [0.717, 1.165) is 13.1 Å². The Balaban J connectivity index is 1.97. The summed E-state index contributed by atoms with van der Waals surface area (Å²) in [6.07, 6.45) is 7.50. The minimum atomic E-state index is 0.383. The molecule has 1 atom stereocenters. The Morgan fingerprint density at radius 2 is 1.82 bits per heavy atom. The molecule has 2 N–H and O–H groups in total. The minimum Gasteiger partial charge on any atom is -0.396 e.